The monoisotopic (exact) mass is 273 g/mol. The van der Waals surface area contributed by atoms with E-state index < -0.39 is 6.10 Å². The van der Waals surface area contributed by atoms with Crippen molar-refractivity contribution in [2.75, 3.05) is 6.54 Å². The number of rotatable bonds is 3. The van der Waals surface area contributed by atoms with Gasteiger partial charge in [-0.15, -0.1) is 0 Å². The lowest BCUT2D eigenvalue weighted by Crippen LogP contribution is -2.35. The summed E-state index contributed by atoms with van der Waals surface area (Å²) in [6, 6.07) is 5.64. The maximum absolute atomic E-state index is 10.2. The molecule has 94 valence electrons. The molecule has 1 fully saturated rings. The topological polar surface area (TPSA) is 32.3 Å². The summed E-state index contributed by atoms with van der Waals surface area (Å²) in [5.41, 5.74) is 0.767. The Bertz CT molecular complexity index is 378. The molecule has 2 unspecified atom stereocenters. The van der Waals surface area contributed by atoms with Crippen LogP contribution in [0.15, 0.2) is 18.2 Å². The zero-order valence-electron chi connectivity index (χ0n) is 9.63. The molecular weight excluding hydrogens is 257 g/mol. The highest BCUT2D eigenvalue weighted by atomic mass is 35.5. The SMILES string of the molecule is OC(CC1CCCCN1)c1ccc(Cl)cc1Cl. The van der Waals surface area contributed by atoms with Gasteiger partial charge in [0.15, 0.2) is 0 Å². The Morgan fingerprint density at radius 1 is 1.35 bits per heavy atom. The number of hydrogen-bond acceptors (Lipinski definition) is 2. The normalized spacial score (nSPS) is 22.4. The molecule has 0 spiro atoms. The van der Waals surface area contributed by atoms with Crippen LogP contribution >= 0.6 is 23.2 Å². The van der Waals surface area contributed by atoms with E-state index in [0.717, 1.165) is 18.5 Å². The molecule has 0 aromatic heterocycles. The van der Waals surface area contributed by atoms with E-state index in [-0.39, 0.29) is 0 Å². The van der Waals surface area contributed by atoms with E-state index in [1.54, 1.807) is 18.2 Å². The molecular formula is C13H17Cl2NO. The Kier molecular flexibility index (Phi) is 4.69. The maximum atomic E-state index is 10.2. The lowest BCUT2D eigenvalue weighted by atomic mass is 9.96. The van der Waals surface area contributed by atoms with Crippen LogP contribution in [-0.4, -0.2) is 17.7 Å². The van der Waals surface area contributed by atoms with Crippen LogP contribution in [0.5, 0.6) is 0 Å². The van der Waals surface area contributed by atoms with Crippen LogP contribution in [0.25, 0.3) is 0 Å². The van der Waals surface area contributed by atoms with Crippen molar-refractivity contribution in [1.82, 2.24) is 5.32 Å². The first-order valence-electron chi connectivity index (χ1n) is 6.03. The molecule has 1 aromatic rings. The van der Waals surface area contributed by atoms with Crippen molar-refractivity contribution in [3.63, 3.8) is 0 Å². The number of aliphatic hydroxyl groups is 1. The molecule has 0 aliphatic carbocycles. The summed E-state index contributed by atoms with van der Waals surface area (Å²) >= 11 is 11.9. The summed E-state index contributed by atoms with van der Waals surface area (Å²) in [6.45, 7) is 1.05. The minimum absolute atomic E-state index is 0.394. The summed E-state index contributed by atoms with van der Waals surface area (Å²) in [4.78, 5) is 0. The van der Waals surface area contributed by atoms with E-state index >= 15 is 0 Å². The van der Waals surface area contributed by atoms with Gasteiger partial charge >= 0.3 is 0 Å². The second-order valence-corrected chi connectivity index (χ2v) is 5.41. The minimum atomic E-state index is -0.518. The zero-order chi connectivity index (χ0) is 12.3. The van der Waals surface area contributed by atoms with Crippen LogP contribution in [0, 0.1) is 0 Å². The first-order chi connectivity index (χ1) is 8.16. The fourth-order valence-corrected chi connectivity index (χ4v) is 2.83. The van der Waals surface area contributed by atoms with E-state index in [0.29, 0.717) is 22.5 Å². The molecule has 1 heterocycles. The number of halogens is 2. The van der Waals surface area contributed by atoms with Crippen LogP contribution in [0.2, 0.25) is 10.0 Å². The Morgan fingerprint density at radius 2 is 2.18 bits per heavy atom. The largest absolute Gasteiger partial charge is 0.388 e. The molecule has 2 nitrogen and oxygen atoms in total. The second kappa shape index (κ2) is 6.05. The van der Waals surface area contributed by atoms with Crippen LogP contribution in [0.1, 0.15) is 37.4 Å². The van der Waals surface area contributed by atoms with Crippen LogP contribution in [0.4, 0.5) is 0 Å². The van der Waals surface area contributed by atoms with Gasteiger partial charge in [0.25, 0.3) is 0 Å². The van der Waals surface area contributed by atoms with Gasteiger partial charge < -0.3 is 10.4 Å². The predicted octanol–water partition coefficient (Wildman–Crippen LogP) is 3.56. The molecule has 2 N–H and O–H groups in total. The Morgan fingerprint density at radius 3 is 2.82 bits per heavy atom. The molecule has 2 rings (SSSR count). The molecule has 2 atom stereocenters. The summed E-state index contributed by atoms with van der Waals surface area (Å²) in [7, 11) is 0. The highest BCUT2D eigenvalue weighted by molar-refractivity contribution is 6.35. The summed E-state index contributed by atoms with van der Waals surface area (Å²) in [6.07, 6.45) is 3.78. The number of aliphatic hydroxyl groups excluding tert-OH is 1. The fraction of sp³-hybridized carbons (Fsp3) is 0.538. The van der Waals surface area contributed by atoms with Gasteiger partial charge in [-0.2, -0.15) is 0 Å². The third kappa shape index (κ3) is 3.59. The molecule has 0 amide bonds. The van der Waals surface area contributed by atoms with E-state index in [1.807, 2.05) is 0 Å². The van der Waals surface area contributed by atoms with Crippen LogP contribution in [-0.2, 0) is 0 Å². The Hall–Kier alpha value is -0.280. The average molecular weight is 274 g/mol. The molecule has 17 heavy (non-hydrogen) atoms. The highest BCUT2D eigenvalue weighted by Gasteiger charge is 2.19. The average Bonchev–Trinajstić information content (AvgIpc) is 2.30. The van der Waals surface area contributed by atoms with Crippen molar-refractivity contribution in [1.29, 1.82) is 0 Å². The molecule has 1 aliphatic rings. The minimum Gasteiger partial charge on any atom is -0.388 e. The first-order valence-corrected chi connectivity index (χ1v) is 6.79. The lowest BCUT2D eigenvalue weighted by Gasteiger charge is -2.26. The molecule has 0 saturated carbocycles. The Labute approximate surface area is 112 Å². The number of nitrogens with one attached hydrogen (secondary N) is 1. The maximum Gasteiger partial charge on any atom is 0.0819 e. The van der Waals surface area contributed by atoms with Gasteiger partial charge in [0.2, 0.25) is 0 Å². The Balaban J connectivity index is 2.00. The number of hydrogen-bond donors (Lipinski definition) is 2. The highest BCUT2D eigenvalue weighted by Crippen LogP contribution is 2.29. The zero-order valence-corrected chi connectivity index (χ0v) is 11.1. The number of benzene rings is 1. The molecule has 0 bridgehead atoms. The van der Waals surface area contributed by atoms with Gasteiger partial charge in [-0.1, -0.05) is 35.7 Å². The van der Waals surface area contributed by atoms with Crippen LogP contribution in [0.3, 0.4) is 0 Å². The van der Waals surface area contributed by atoms with Gasteiger partial charge in [-0.25, -0.2) is 0 Å². The van der Waals surface area contributed by atoms with Crippen molar-refractivity contribution in [3.8, 4) is 0 Å². The van der Waals surface area contributed by atoms with E-state index in [1.165, 1.54) is 12.8 Å². The third-order valence-corrected chi connectivity index (χ3v) is 3.80. The third-order valence-electron chi connectivity index (χ3n) is 3.24. The predicted molar refractivity (Wildman–Crippen MR) is 71.7 cm³/mol. The molecule has 1 aliphatic heterocycles. The van der Waals surface area contributed by atoms with Gasteiger partial charge in [-0.3, -0.25) is 0 Å². The van der Waals surface area contributed by atoms with Crippen molar-refractivity contribution >= 4 is 23.2 Å². The number of piperidine rings is 1. The summed E-state index contributed by atoms with van der Waals surface area (Å²) in [5, 5.41) is 14.7. The smallest absolute Gasteiger partial charge is 0.0819 e. The van der Waals surface area contributed by atoms with Gasteiger partial charge in [0.1, 0.15) is 0 Å². The van der Waals surface area contributed by atoms with E-state index in [9.17, 15) is 5.11 Å². The van der Waals surface area contributed by atoms with Crippen molar-refractivity contribution in [3.05, 3.63) is 33.8 Å². The van der Waals surface area contributed by atoms with Crippen LogP contribution < -0.4 is 5.32 Å². The van der Waals surface area contributed by atoms with Crippen molar-refractivity contribution < 1.29 is 5.11 Å². The standard InChI is InChI=1S/C13H17Cl2NO/c14-9-4-5-11(12(15)7-9)13(17)8-10-3-1-2-6-16-10/h4-5,7,10,13,16-17H,1-3,6,8H2. The molecule has 4 heteroatoms. The van der Waals surface area contributed by atoms with Gasteiger partial charge in [0.05, 0.1) is 6.10 Å². The summed E-state index contributed by atoms with van der Waals surface area (Å²) in [5.74, 6) is 0. The summed E-state index contributed by atoms with van der Waals surface area (Å²) < 4.78 is 0. The van der Waals surface area contributed by atoms with Crippen molar-refractivity contribution in [2.24, 2.45) is 0 Å². The first kappa shape index (κ1) is 13.2. The molecule has 1 saturated heterocycles. The lowest BCUT2D eigenvalue weighted by molar-refractivity contribution is 0.145. The van der Waals surface area contributed by atoms with Gasteiger partial charge in [0, 0.05) is 16.1 Å². The van der Waals surface area contributed by atoms with Gasteiger partial charge in [-0.05, 0) is 43.5 Å². The molecule has 0 radical (unpaired) electrons. The quantitative estimate of drug-likeness (QED) is 0.883. The molecule has 1 aromatic carbocycles. The van der Waals surface area contributed by atoms with E-state index in [2.05, 4.69) is 5.32 Å². The second-order valence-electron chi connectivity index (χ2n) is 4.56. The fourth-order valence-electron chi connectivity index (χ4n) is 2.29. The van der Waals surface area contributed by atoms with Crippen molar-refractivity contribution in [2.45, 2.75) is 37.8 Å². The van der Waals surface area contributed by atoms with E-state index in [4.69, 9.17) is 23.2 Å².